The number of carbonyl (C=O) groups is 2. The van der Waals surface area contributed by atoms with Gasteiger partial charge >= 0.3 is 11.9 Å². The Labute approximate surface area is 250 Å². The molecule has 0 aromatic heterocycles. The van der Waals surface area contributed by atoms with Crippen LogP contribution in [0.3, 0.4) is 0 Å². The first-order valence-electron chi connectivity index (χ1n) is 13.5. The van der Waals surface area contributed by atoms with E-state index in [1.54, 1.807) is 0 Å². The highest BCUT2D eigenvalue weighted by molar-refractivity contribution is 6.18. The summed E-state index contributed by atoms with van der Waals surface area (Å²) in [6.45, 7) is 0. The van der Waals surface area contributed by atoms with Crippen LogP contribution in [-0.4, -0.2) is 11.9 Å². The maximum absolute atomic E-state index is 13.2. The van der Waals surface area contributed by atoms with Crippen molar-refractivity contribution in [2.45, 2.75) is 0 Å². The van der Waals surface area contributed by atoms with E-state index in [0.29, 0.717) is 11.1 Å². The zero-order chi connectivity index (χ0) is 29.4. The van der Waals surface area contributed by atoms with Crippen LogP contribution in [0, 0.1) is 47.4 Å². The predicted octanol–water partition coefficient (Wildman–Crippen LogP) is 6.60. The van der Waals surface area contributed by atoms with E-state index in [4.69, 9.17) is 4.74 Å². The van der Waals surface area contributed by atoms with Gasteiger partial charge in [0.1, 0.15) is 0 Å². The lowest BCUT2D eigenvalue weighted by Crippen LogP contribution is -2.07. The van der Waals surface area contributed by atoms with Gasteiger partial charge in [-0.15, -0.1) is 0 Å². The van der Waals surface area contributed by atoms with E-state index in [2.05, 4.69) is 47.4 Å². The molecule has 43 heavy (non-hydrogen) atoms. The van der Waals surface area contributed by atoms with Crippen LogP contribution in [0.25, 0.3) is 0 Å². The van der Waals surface area contributed by atoms with Crippen molar-refractivity contribution in [3.05, 3.63) is 177 Å². The second-order valence-corrected chi connectivity index (χ2v) is 9.39. The normalized spacial score (nSPS) is 10.8. The largest absolute Gasteiger partial charge is 0.386 e. The molecule has 1 aliphatic heterocycles. The van der Waals surface area contributed by atoms with Crippen LogP contribution >= 0.6 is 0 Å². The average molecular weight is 549 g/mol. The van der Waals surface area contributed by atoms with Crippen molar-refractivity contribution >= 4 is 11.9 Å². The molecule has 5 aromatic rings. The maximum Gasteiger partial charge on any atom is 0.348 e. The topological polar surface area (TPSA) is 43.4 Å². The molecule has 0 fully saturated rings. The molecule has 1 heterocycles. The number of benzene rings is 5. The Morgan fingerprint density at radius 2 is 0.581 bits per heavy atom. The third-order valence-corrected chi connectivity index (χ3v) is 6.52. The molecule has 0 N–H and O–H groups in total. The predicted molar refractivity (Wildman–Crippen MR) is 166 cm³/mol. The Bertz CT molecular complexity index is 1960. The summed E-state index contributed by atoms with van der Waals surface area (Å²) < 4.78 is 5.14. The molecule has 0 atom stereocenters. The van der Waals surface area contributed by atoms with E-state index in [-0.39, 0.29) is 22.3 Å². The first kappa shape index (κ1) is 26.7. The first-order chi connectivity index (χ1) is 21.2. The van der Waals surface area contributed by atoms with E-state index >= 15 is 0 Å². The van der Waals surface area contributed by atoms with E-state index in [1.807, 2.05) is 121 Å². The zero-order valence-corrected chi connectivity index (χ0v) is 22.8. The van der Waals surface area contributed by atoms with Crippen LogP contribution in [-0.2, 0) is 4.74 Å². The van der Waals surface area contributed by atoms with E-state index < -0.39 is 11.9 Å². The van der Waals surface area contributed by atoms with Crippen molar-refractivity contribution in [1.82, 2.24) is 0 Å². The van der Waals surface area contributed by atoms with E-state index in [0.717, 1.165) is 22.3 Å². The fourth-order valence-electron chi connectivity index (χ4n) is 4.47. The van der Waals surface area contributed by atoms with Crippen LogP contribution in [0.15, 0.2) is 121 Å². The van der Waals surface area contributed by atoms with Gasteiger partial charge in [0.15, 0.2) is 0 Å². The van der Waals surface area contributed by atoms with Gasteiger partial charge in [-0.2, -0.15) is 0 Å². The molecule has 6 rings (SSSR count). The number of hydrogen-bond donors (Lipinski definition) is 0. The Balaban J connectivity index is 1.71. The van der Waals surface area contributed by atoms with Gasteiger partial charge in [-0.25, -0.2) is 9.59 Å². The third-order valence-electron chi connectivity index (χ3n) is 6.52. The van der Waals surface area contributed by atoms with Crippen LogP contribution in [0.1, 0.15) is 65.2 Å². The first-order valence-corrected chi connectivity index (χ1v) is 13.5. The molecule has 1 aliphatic rings. The molecule has 5 aromatic carbocycles. The Morgan fingerprint density at radius 3 is 0.860 bits per heavy atom. The molecule has 0 amide bonds. The van der Waals surface area contributed by atoms with Crippen LogP contribution in [0.5, 0.6) is 0 Å². The lowest BCUT2D eigenvalue weighted by atomic mass is 9.87. The molecule has 3 heteroatoms. The third kappa shape index (κ3) is 5.99. The monoisotopic (exact) mass is 548 g/mol. The summed E-state index contributed by atoms with van der Waals surface area (Å²) in [7, 11) is 0. The molecule has 0 saturated carbocycles. The van der Waals surface area contributed by atoms with Crippen LogP contribution in [0.4, 0.5) is 0 Å². The fourth-order valence-corrected chi connectivity index (χ4v) is 4.47. The highest BCUT2D eigenvalue weighted by Gasteiger charge is 2.38. The molecule has 0 bridgehead atoms. The highest BCUT2D eigenvalue weighted by atomic mass is 16.6. The highest BCUT2D eigenvalue weighted by Crippen LogP contribution is 2.33. The second-order valence-electron chi connectivity index (χ2n) is 9.39. The van der Waals surface area contributed by atoms with Crippen molar-refractivity contribution < 1.29 is 14.3 Å². The number of hydrogen-bond acceptors (Lipinski definition) is 3. The standard InChI is InChI=1S/C40H20O3/c41-39-37-35(27-23-31-17-9-3-10-18-31)33(25-21-29-13-5-1-6-14-29)34(26-22-30-15-7-2-8-16-30)36(38(37)40(42)43-39)28-24-32-19-11-4-12-20-32/h1-20H. The average Bonchev–Trinajstić information content (AvgIpc) is 3.36. The summed E-state index contributed by atoms with van der Waals surface area (Å²) >= 11 is 0. The number of fused-ring (bicyclic) bond motifs is 1. The molecular weight excluding hydrogens is 528 g/mol. The molecular formula is C40H20O3. The minimum atomic E-state index is -0.787. The molecule has 0 saturated heterocycles. The zero-order valence-electron chi connectivity index (χ0n) is 22.8. The Hall–Kier alpha value is -6.52. The summed E-state index contributed by atoms with van der Waals surface area (Å²) in [5.74, 6) is 23.8. The molecule has 198 valence electrons. The van der Waals surface area contributed by atoms with Crippen LogP contribution < -0.4 is 0 Å². The van der Waals surface area contributed by atoms with Crippen molar-refractivity contribution in [2.75, 3.05) is 0 Å². The second kappa shape index (κ2) is 12.3. The minimum Gasteiger partial charge on any atom is -0.386 e. The molecule has 0 unspecified atom stereocenters. The number of esters is 2. The minimum absolute atomic E-state index is 0.0495. The van der Waals surface area contributed by atoms with Crippen molar-refractivity contribution in [3.8, 4) is 47.4 Å². The summed E-state index contributed by atoms with van der Waals surface area (Å²) in [4.78, 5) is 26.4. The molecule has 0 radical (unpaired) electrons. The molecule has 0 spiro atoms. The number of ether oxygens (including phenoxy) is 1. The van der Waals surface area contributed by atoms with Crippen molar-refractivity contribution in [1.29, 1.82) is 0 Å². The summed E-state index contributed by atoms with van der Waals surface area (Å²) in [6.07, 6.45) is 0. The quantitative estimate of drug-likeness (QED) is 0.125. The lowest BCUT2D eigenvalue weighted by Gasteiger charge is -2.10. The molecule has 3 nitrogen and oxygen atoms in total. The van der Waals surface area contributed by atoms with Crippen molar-refractivity contribution in [3.63, 3.8) is 0 Å². The SMILES string of the molecule is O=C1OC(=O)c2c(C#Cc3ccccc3)c(C#Cc3ccccc3)c(C#Cc3ccccc3)c(C#Cc3ccccc3)c21. The van der Waals surface area contributed by atoms with Gasteiger partial charge in [-0.05, 0) is 48.5 Å². The maximum atomic E-state index is 13.2. The van der Waals surface area contributed by atoms with E-state index in [9.17, 15) is 9.59 Å². The van der Waals surface area contributed by atoms with Crippen LogP contribution in [0.2, 0.25) is 0 Å². The summed E-state index contributed by atoms with van der Waals surface area (Å²) in [5, 5.41) is 0. The van der Waals surface area contributed by atoms with Gasteiger partial charge in [0.2, 0.25) is 0 Å². The van der Waals surface area contributed by atoms with Crippen molar-refractivity contribution in [2.24, 2.45) is 0 Å². The van der Waals surface area contributed by atoms with E-state index in [1.165, 1.54) is 0 Å². The Kier molecular flexibility index (Phi) is 7.66. The fraction of sp³-hybridized carbons (Fsp3) is 0. The smallest absolute Gasteiger partial charge is 0.348 e. The Morgan fingerprint density at radius 1 is 0.326 bits per heavy atom. The summed E-state index contributed by atoms with van der Waals surface area (Å²) in [6, 6.07) is 37.7. The van der Waals surface area contributed by atoms with Gasteiger partial charge in [0.25, 0.3) is 0 Å². The number of carbonyl (C=O) groups excluding carboxylic acids is 2. The van der Waals surface area contributed by atoms with Gasteiger partial charge in [-0.1, -0.05) is 120 Å². The lowest BCUT2D eigenvalue weighted by molar-refractivity contribution is 0.0443. The molecule has 0 aliphatic carbocycles. The van der Waals surface area contributed by atoms with Gasteiger partial charge in [-0.3, -0.25) is 0 Å². The number of rotatable bonds is 0. The van der Waals surface area contributed by atoms with Gasteiger partial charge in [0.05, 0.1) is 33.4 Å². The van der Waals surface area contributed by atoms with Gasteiger partial charge in [0, 0.05) is 22.3 Å². The number of cyclic esters (lactones) is 2. The summed E-state index contributed by atoms with van der Waals surface area (Å²) in [5.41, 5.74) is 4.46. The van der Waals surface area contributed by atoms with Gasteiger partial charge < -0.3 is 4.74 Å².